The van der Waals surface area contributed by atoms with Gasteiger partial charge in [0.15, 0.2) is 0 Å². The first-order chi connectivity index (χ1) is 12.8. The number of carbonyl (C=O) groups is 2. The van der Waals surface area contributed by atoms with Crippen LogP contribution >= 0.6 is 0 Å². The summed E-state index contributed by atoms with van der Waals surface area (Å²) in [5, 5.41) is 2.39. The van der Waals surface area contributed by atoms with Crippen LogP contribution in [0.3, 0.4) is 0 Å². The van der Waals surface area contributed by atoms with E-state index >= 15 is 0 Å². The molecule has 1 unspecified atom stereocenters. The molecule has 1 N–H and O–H groups in total. The van der Waals surface area contributed by atoms with Crippen LogP contribution in [-0.4, -0.2) is 37.1 Å². The van der Waals surface area contributed by atoms with Crippen molar-refractivity contribution in [2.75, 3.05) is 20.3 Å². The van der Waals surface area contributed by atoms with Crippen LogP contribution < -0.4 is 10.1 Å². The van der Waals surface area contributed by atoms with Gasteiger partial charge in [0, 0.05) is 12.6 Å². The lowest BCUT2D eigenvalue weighted by Crippen LogP contribution is -2.30. The Balaban J connectivity index is 2.06. The van der Waals surface area contributed by atoms with E-state index in [9.17, 15) is 22.8 Å². The van der Waals surface area contributed by atoms with Gasteiger partial charge in [-0.05, 0) is 37.7 Å². The van der Waals surface area contributed by atoms with Crippen LogP contribution in [0.1, 0.15) is 48.7 Å². The maximum absolute atomic E-state index is 13.2. The fourth-order valence-electron chi connectivity index (χ4n) is 2.51. The molecule has 27 heavy (non-hydrogen) atoms. The molecule has 1 atom stereocenters. The van der Waals surface area contributed by atoms with E-state index in [4.69, 9.17) is 4.74 Å². The van der Waals surface area contributed by atoms with Gasteiger partial charge in [0.25, 0.3) is 5.91 Å². The topological polar surface area (TPSA) is 77.5 Å². The average molecular weight is 388 g/mol. The van der Waals surface area contributed by atoms with Gasteiger partial charge in [-0.3, -0.25) is 9.59 Å². The lowest BCUT2D eigenvalue weighted by atomic mass is 10.0. The van der Waals surface area contributed by atoms with Gasteiger partial charge >= 0.3 is 12.1 Å². The summed E-state index contributed by atoms with van der Waals surface area (Å²) in [4.78, 5) is 27.6. The van der Waals surface area contributed by atoms with Crippen molar-refractivity contribution in [1.29, 1.82) is 0 Å². The van der Waals surface area contributed by atoms with Crippen molar-refractivity contribution in [3.05, 3.63) is 23.4 Å². The lowest BCUT2D eigenvalue weighted by Gasteiger charge is -2.15. The Morgan fingerprint density at radius 1 is 1.33 bits per heavy atom. The molecule has 1 fully saturated rings. The first-order valence-electron chi connectivity index (χ1n) is 8.83. The summed E-state index contributed by atoms with van der Waals surface area (Å²) in [6.45, 7) is 2.18. The molecule has 0 saturated heterocycles. The van der Waals surface area contributed by atoms with E-state index in [1.165, 1.54) is 7.11 Å². The van der Waals surface area contributed by atoms with Crippen molar-refractivity contribution < 1.29 is 32.2 Å². The summed E-state index contributed by atoms with van der Waals surface area (Å²) in [5.74, 6) is -1.43. The summed E-state index contributed by atoms with van der Waals surface area (Å²) in [5.41, 5.74) is -1.86. The number of pyridine rings is 1. The van der Waals surface area contributed by atoms with Gasteiger partial charge in [0.1, 0.15) is 5.69 Å². The molecule has 0 aromatic carbocycles. The summed E-state index contributed by atoms with van der Waals surface area (Å²) in [7, 11) is 1.26. The number of amides is 1. The van der Waals surface area contributed by atoms with E-state index in [1.807, 2.05) is 0 Å². The molecule has 1 aliphatic carbocycles. The van der Waals surface area contributed by atoms with E-state index in [-0.39, 0.29) is 18.8 Å². The maximum Gasteiger partial charge on any atom is 0.418 e. The number of aromatic nitrogens is 1. The Morgan fingerprint density at radius 3 is 2.59 bits per heavy atom. The van der Waals surface area contributed by atoms with Crippen molar-refractivity contribution in [2.45, 2.75) is 38.8 Å². The van der Waals surface area contributed by atoms with Gasteiger partial charge in [0.05, 0.1) is 25.2 Å². The minimum absolute atomic E-state index is 0.0129. The number of hydrogen-bond donors (Lipinski definition) is 1. The molecule has 1 amide bonds. The number of alkyl halides is 3. The van der Waals surface area contributed by atoms with Crippen molar-refractivity contribution in [3.63, 3.8) is 0 Å². The molecule has 1 aromatic rings. The van der Waals surface area contributed by atoms with Crippen LogP contribution in [0.25, 0.3) is 0 Å². The zero-order chi connectivity index (χ0) is 20.0. The number of rotatable bonds is 9. The number of nitrogens with zero attached hydrogens (tertiary/aromatic N) is 1. The van der Waals surface area contributed by atoms with E-state index in [2.05, 4.69) is 15.0 Å². The number of carbonyl (C=O) groups excluding carboxylic acids is 2. The minimum atomic E-state index is -4.72. The Labute approximate surface area is 155 Å². The molecule has 6 nitrogen and oxygen atoms in total. The third-order valence-electron chi connectivity index (χ3n) is 4.36. The Bertz CT molecular complexity index is 675. The molecule has 1 aromatic heterocycles. The van der Waals surface area contributed by atoms with Crippen molar-refractivity contribution >= 4 is 11.9 Å². The lowest BCUT2D eigenvalue weighted by molar-refractivity contribution is -0.145. The highest BCUT2D eigenvalue weighted by molar-refractivity contribution is 5.94. The van der Waals surface area contributed by atoms with Crippen LogP contribution in [-0.2, 0) is 15.7 Å². The zero-order valence-electron chi connectivity index (χ0n) is 15.3. The quantitative estimate of drug-likeness (QED) is 0.658. The predicted molar refractivity (Wildman–Crippen MR) is 90.2 cm³/mol. The van der Waals surface area contributed by atoms with Gasteiger partial charge in [-0.1, -0.05) is 6.92 Å². The van der Waals surface area contributed by atoms with Crippen LogP contribution in [0.2, 0.25) is 0 Å². The molecule has 1 heterocycles. The van der Waals surface area contributed by atoms with E-state index in [0.717, 1.165) is 25.0 Å². The number of methoxy groups -OCH3 is 1. The Hall–Kier alpha value is -2.32. The minimum Gasteiger partial charge on any atom is -0.477 e. The molecule has 150 valence electrons. The smallest absolute Gasteiger partial charge is 0.418 e. The van der Waals surface area contributed by atoms with E-state index < -0.39 is 35.2 Å². The van der Waals surface area contributed by atoms with Gasteiger partial charge in [-0.15, -0.1) is 0 Å². The first-order valence-corrected chi connectivity index (χ1v) is 8.83. The van der Waals surface area contributed by atoms with Crippen LogP contribution in [0, 0.1) is 11.8 Å². The number of ether oxygens (including phenoxy) is 2. The summed E-state index contributed by atoms with van der Waals surface area (Å²) in [6, 6.07) is 1.92. The molecule has 0 bridgehead atoms. The standard InChI is InChI=1S/C18H23F3N2O4/c1-3-12(17(25)26-2)8-9-22-16(24)15-13(18(19,20)21)6-7-14(23-15)27-10-11-4-5-11/h6-7,11-12H,3-5,8-10H2,1-2H3,(H,22,24). The van der Waals surface area contributed by atoms with Gasteiger partial charge in [-0.2, -0.15) is 13.2 Å². The summed E-state index contributed by atoms with van der Waals surface area (Å²) >= 11 is 0. The van der Waals surface area contributed by atoms with Gasteiger partial charge < -0.3 is 14.8 Å². The zero-order valence-corrected chi connectivity index (χ0v) is 15.3. The number of halogens is 3. The predicted octanol–water partition coefficient (Wildman–Crippen LogP) is 3.21. The number of nitrogens with one attached hydrogen (secondary N) is 1. The largest absolute Gasteiger partial charge is 0.477 e. The summed E-state index contributed by atoms with van der Waals surface area (Å²) < 4.78 is 49.6. The molecule has 9 heteroatoms. The van der Waals surface area contributed by atoms with Crippen molar-refractivity contribution in [3.8, 4) is 5.88 Å². The maximum atomic E-state index is 13.2. The van der Waals surface area contributed by atoms with Gasteiger partial charge in [-0.25, -0.2) is 4.98 Å². The SMILES string of the molecule is CCC(CCNC(=O)c1nc(OCC2CC2)ccc1C(F)(F)F)C(=O)OC. The number of hydrogen-bond acceptors (Lipinski definition) is 5. The fourth-order valence-corrected chi connectivity index (χ4v) is 2.51. The van der Waals surface area contributed by atoms with E-state index in [1.54, 1.807) is 6.92 Å². The Kier molecular flexibility index (Phi) is 7.04. The molecule has 2 rings (SSSR count). The molecule has 1 saturated carbocycles. The molecule has 0 spiro atoms. The monoisotopic (exact) mass is 388 g/mol. The average Bonchev–Trinajstić information content (AvgIpc) is 3.46. The second-order valence-electron chi connectivity index (χ2n) is 6.47. The molecule has 0 aliphatic heterocycles. The normalized spacial score (nSPS) is 15.1. The van der Waals surface area contributed by atoms with E-state index in [0.29, 0.717) is 18.9 Å². The molecule has 0 radical (unpaired) electrons. The second kappa shape index (κ2) is 9.05. The van der Waals surface area contributed by atoms with Crippen molar-refractivity contribution in [2.24, 2.45) is 11.8 Å². The molecular formula is C18H23F3N2O4. The third kappa shape index (κ3) is 6.11. The van der Waals surface area contributed by atoms with Gasteiger partial charge in [0.2, 0.25) is 5.88 Å². The Morgan fingerprint density at radius 2 is 2.04 bits per heavy atom. The van der Waals surface area contributed by atoms with Crippen LogP contribution in [0.5, 0.6) is 5.88 Å². The first kappa shape index (κ1) is 21.0. The molecule has 1 aliphatic rings. The van der Waals surface area contributed by atoms with Crippen molar-refractivity contribution in [1.82, 2.24) is 10.3 Å². The fraction of sp³-hybridized carbons (Fsp3) is 0.611. The van der Waals surface area contributed by atoms with Crippen LogP contribution in [0.15, 0.2) is 12.1 Å². The second-order valence-corrected chi connectivity index (χ2v) is 6.47. The highest BCUT2D eigenvalue weighted by atomic mass is 19.4. The summed E-state index contributed by atoms with van der Waals surface area (Å²) in [6.07, 6.45) is -1.92. The number of esters is 1. The highest BCUT2D eigenvalue weighted by Crippen LogP contribution is 2.33. The van der Waals surface area contributed by atoms with Crippen LogP contribution in [0.4, 0.5) is 13.2 Å². The highest BCUT2D eigenvalue weighted by Gasteiger charge is 2.36. The molecular weight excluding hydrogens is 365 g/mol. The third-order valence-corrected chi connectivity index (χ3v) is 4.36.